The first-order valence-electron chi connectivity index (χ1n) is 7.33. The van der Waals surface area contributed by atoms with Crippen molar-refractivity contribution in [3.05, 3.63) is 71.8 Å². The molecule has 0 radical (unpaired) electrons. The minimum absolute atomic E-state index is 0.320. The van der Waals surface area contributed by atoms with Gasteiger partial charge in [0.1, 0.15) is 0 Å². The van der Waals surface area contributed by atoms with Crippen LogP contribution in [-0.4, -0.2) is 12.3 Å². The first-order valence-corrected chi connectivity index (χ1v) is 8.32. The maximum atomic E-state index is 3.48. The number of nitrogens with one attached hydrogen (secondary N) is 1. The third-order valence-corrected chi connectivity index (χ3v) is 5.26. The maximum absolute atomic E-state index is 3.48. The molecule has 1 nitrogen and oxygen atoms in total. The number of aryl methyl sites for hydroxylation is 1. The van der Waals surface area contributed by atoms with Gasteiger partial charge >= 0.3 is 0 Å². The molecule has 1 aliphatic rings. The van der Waals surface area contributed by atoms with E-state index in [1.807, 2.05) is 11.9 Å². The van der Waals surface area contributed by atoms with E-state index in [0.717, 1.165) is 6.54 Å². The molecule has 1 aliphatic heterocycles. The van der Waals surface area contributed by atoms with Crippen LogP contribution in [0.4, 0.5) is 0 Å². The van der Waals surface area contributed by atoms with Gasteiger partial charge in [-0.1, -0.05) is 72.6 Å². The molecule has 0 spiro atoms. The lowest BCUT2D eigenvalue weighted by Crippen LogP contribution is -2.31. The van der Waals surface area contributed by atoms with Crippen molar-refractivity contribution in [2.45, 2.75) is 24.7 Å². The van der Waals surface area contributed by atoms with Crippen molar-refractivity contribution in [1.29, 1.82) is 0 Å². The Morgan fingerprint density at radius 2 is 1.65 bits per heavy atom. The molecule has 0 saturated carbocycles. The smallest absolute Gasteiger partial charge is 0.0190 e. The van der Waals surface area contributed by atoms with Gasteiger partial charge in [-0.2, -0.15) is 0 Å². The van der Waals surface area contributed by atoms with E-state index in [9.17, 15) is 0 Å². The molecule has 3 rings (SSSR count). The molecule has 0 aliphatic carbocycles. The summed E-state index contributed by atoms with van der Waals surface area (Å²) in [4.78, 5) is 0. The number of rotatable bonds is 5. The average molecular weight is 283 g/mol. The lowest BCUT2D eigenvalue weighted by molar-refractivity contribution is 0.445. The summed E-state index contributed by atoms with van der Waals surface area (Å²) in [6, 6.07) is 21.8. The number of hydrogen-bond donors (Lipinski definition) is 1. The predicted octanol–water partition coefficient (Wildman–Crippen LogP) is 4.20. The standard InChI is InChI=1S/C18H21NS/c1-3-8-16(9-4-1)10-7-13-18(14-19-20-15-18)17-11-5-2-6-12-17/h1-6,8-9,11-12,19H,7,10,13-15H2. The molecule has 1 N–H and O–H groups in total. The van der Waals surface area contributed by atoms with Gasteiger partial charge in [0.2, 0.25) is 0 Å². The molecule has 1 saturated heterocycles. The minimum atomic E-state index is 0.320. The van der Waals surface area contributed by atoms with E-state index in [1.165, 1.54) is 36.1 Å². The molecule has 1 fully saturated rings. The van der Waals surface area contributed by atoms with Gasteiger partial charge in [0.05, 0.1) is 0 Å². The second-order valence-electron chi connectivity index (χ2n) is 5.60. The van der Waals surface area contributed by atoms with E-state index in [2.05, 4.69) is 65.4 Å². The van der Waals surface area contributed by atoms with Crippen LogP contribution < -0.4 is 4.72 Å². The highest BCUT2D eigenvalue weighted by Crippen LogP contribution is 2.36. The lowest BCUT2D eigenvalue weighted by atomic mass is 9.78. The molecule has 20 heavy (non-hydrogen) atoms. The van der Waals surface area contributed by atoms with Crippen LogP contribution in [0.2, 0.25) is 0 Å². The Morgan fingerprint density at radius 3 is 2.30 bits per heavy atom. The molecule has 2 aromatic rings. The summed E-state index contributed by atoms with van der Waals surface area (Å²) in [5, 5.41) is 0. The average Bonchev–Trinajstić information content (AvgIpc) is 2.99. The highest BCUT2D eigenvalue weighted by molar-refractivity contribution is 7.97. The van der Waals surface area contributed by atoms with Crippen molar-refractivity contribution in [2.75, 3.05) is 12.3 Å². The van der Waals surface area contributed by atoms with Gasteiger partial charge in [-0.3, -0.25) is 4.72 Å². The fraction of sp³-hybridized carbons (Fsp3) is 0.333. The summed E-state index contributed by atoms with van der Waals surface area (Å²) < 4.78 is 3.48. The molecular formula is C18H21NS. The van der Waals surface area contributed by atoms with Crippen LogP contribution in [0.25, 0.3) is 0 Å². The van der Waals surface area contributed by atoms with Gasteiger partial charge in [0.15, 0.2) is 0 Å². The predicted molar refractivity (Wildman–Crippen MR) is 88.0 cm³/mol. The molecule has 1 heterocycles. The second-order valence-corrected chi connectivity index (χ2v) is 6.46. The van der Waals surface area contributed by atoms with Gasteiger partial charge in [-0.05, 0) is 30.4 Å². The summed E-state index contributed by atoms with van der Waals surface area (Å²) in [6.45, 7) is 1.09. The summed E-state index contributed by atoms with van der Waals surface area (Å²) in [7, 11) is 0. The summed E-state index contributed by atoms with van der Waals surface area (Å²) in [5.74, 6) is 1.19. The van der Waals surface area contributed by atoms with Gasteiger partial charge < -0.3 is 0 Å². The Morgan fingerprint density at radius 1 is 0.950 bits per heavy atom. The highest BCUT2D eigenvalue weighted by Gasteiger charge is 2.35. The maximum Gasteiger partial charge on any atom is 0.0190 e. The van der Waals surface area contributed by atoms with Crippen LogP contribution >= 0.6 is 11.9 Å². The van der Waals surface area contributed by atoms with E-state index < -0.39 is 0 Å². The van der Waals surface area contributed by atoms with Crippen LogP contribution in [0.15, 0.2) is 60.7 Å². The van der Waals surface area contributed by atoms with Gasteiger partial charge in [0, 0.05) is 17.7 Å². The first kappa shape index (κ1) is 13.7. The van der Waals surface area contributed by atoms with Crippen molar-refractivity contribution in [1.82, 2.24) is 4.72 Å². The third-order valence-electron chi connectivity index (χ3n) is 4.21. The summed E-state index contributed by atoms with van der Waals surface area (Å²) >= 11 is 1.87. The molecule has 104 valence electrons. The zero-order valence-electron chi connectivity index (χ0n) is 11.7. The molecule has 0 bridgehead atoms. The second kappa shape index (κ2) is 6.47. The topological polar surface area (TPSA) is 12.0 Å². The Balaban J connectivity index is 1.66. The zero-order valence-corrected chi connectivity index (χ0v) is 12.5. The Kier molecular flexibility index (Phi) is 4.44. The van der Waals surface area contributed by atoms with E-state index in [0.29, 0.717) is 5.41 Å². The zero-order chi connectivity index (χ0) is 13.7. The monoisotopic (exact) mass is 283 g/mol. The Hall–Kier alpha value is -1.25. The van der Waals surface area contributed by atoms with Crippen LogP contribution in [0, 0.1) is 0 Å². The van der Waals surface area contributed by atoms with E-state index >= 15 is 0 Å². The minimum Gasteiger partial charge on any atom is -0.263 e. The van der Waals surface area contributed by atoms with Crippen molar-refractivity contribution < 1.29 is 0 Å². The summed E-state index contributed by atoms with van der Waals surface area (Å²) in [6.07, 6.45) is 3.69. The molecule has 0 amide bonds. The van der Waals surface area contributed by atoms with Crippen LogP contribution in [0.1, 0.15) is 24.0 Å². The number of hydrogen-bond acceptors (Lipinski definition) is 2. The van der Waals surface area contributed by atoms with Crippen LogP contribution in [0.5, 0.6) is 0 Å². The van der Waals surface area contributed by atoms with Gasteiger partial charge in [0.25, 0.3) is 0 Å². The Bertz CT molecular complexity index is 518. The van der Waals surface area contributed by atoms with Gasteiger partial charge in [-0.15, -0.1) is 0 Å². The molecule has 0 aromatic heterocycles. The van der Waals surface area contributed by atoms with Crippen molar-refractivity contribution in [3.8, 4) is 0 Å². The quantitative estimate of drug-likeness (QED) is 0.825. The Labute approximate surface area is 125 Å². The summed E-state index contributed by atoms with van der Waals surface area (Å²) in [5.41, 5.74) is 3.26. The lowest BCUT2D eigenvalue weighted by Gasteiger charge is -2.28. The largest absolute Gasteiger partial charge is 0.263 e. The van der Waals surface area contributed by atoms with Gasteiger partial charge in [-0.25, -0.2) is 0 Å². The molecule has 1 unspecified atom stereocenters. The highest BCUT2D eigenvalue weighted by atomic mass is 32.2. The molecule has 2 heteroatoms. The first-order chi connectivity index (χ1) is 9.89. The van der Waals surface area contributed by atoms with Crippen molar-refractivity contribution >= 4 is 11.9 Å². The van der Waals surface area contributed by atoms with Crippen LogP contribution in [-0.2, 0) is 11.8 Å². The normalized spacial score (nSPS) is 22.0. The van der Waals surface area contributed by atoms with E-state index in [-0.39, 0.29) is 0 Å². The fourth-order valence-electron chi connectivity index (χ4n) is 2.99. The fourth-order valence-corrected chi connectivity index (χ4v) is 4.16. The SMILES string of the molecule is c1ccc(CCCC2(c3ccccc3)CNSC2)cc1. The van der Waals surface area contributed by atoms with E-state index in [4.69, 9.17) is 0 Å². The van der Waals surface area contributed by atoms with Crippen LogP contribution in [0.3, 0.4) is 0 Å². The number of benzene rings is 2. The van der Waals surface area contributed by atoms with Crippen molar-refractivity contribution in [2.24, 2.45) is 0 Å². The molecular weight excluding hydrogens is 262 g/mol. The molecule has 2 aromatic carbocycles. The van der Waals surface area contributed by atoms with E-state index in [1.54, 1.807) is 0 Å². The van der Waals surface area contributed by atoms with Crippen molar-refractivity contribution in [3.63, 3.8) is 0 Å². The molecule has 1 atom stereocenters. The third kappa shape index (κ3) is 3.08.